The van der Waals surface area contributed by atoms with Gasteiger partial charge in [0, 0.05) is 10.8 Å². The van der Waals surface area contributed by atoms with Gasteiger partial charge in [-0.05, 0) is 30.5 Å². The van der Waals surface area contributed by atoms with Gasteiger partial charge in [0.25, 0.3) is 0 Å². The van der Waals surface area contributed by atoms with E-state index in [9.17, 15) is 0 Å². The van der Waals surface area contributed by atoms with Gasteiger partial charge in [-0.15, -0.1) is 22.9 Å². The first kappa shape index (κ1) is 13.9. The smallest absolute Gasteiger partial charge is 0.0960 e. The highest BCUT2D eigenvalue weighted by Gasteiger charge is 2.23. The Morgan fingerprint density at radius 1 is 1.22 bits per heavy atom. The van der Waals surface area contributed by atoms with Crippen molar-refractivity contribution in [3.63, 3.8) is 0 Å². The molecule has 0 amide bonds. The molecule has 0 aliphatic carbocycles. The fourth-order valence-electron chi connectivity index (χ4n) is 2.13. The van der Waals surface area contributed by atoms with Gasteiger partial charge in [-0.25, -0.2) is 0 Å². The Hall–Kier alpha value is -0.500. The summed E-state index contributed by atoms with van der Waals surface area (Å²) in [6.07, 6.45) is 1.02. The summed E-state index contributed by atoms with van der Waals surface area (Å²) >= 11 is 14.4. The van der Waals surface area contributed by atoms with Crippen molar-refractivity contribution < 1.29 is 0 Å². The van der Waals surface area contributed by atoms with Crippen LogP contribution >= 0.6 is 34.5 Å². The molecule has 0 spiro atoms. The van der Waals surface area contributed by atoms with Gasteiger partial charge in [-0.1, -0.05) is 48.9 Å². The summed E-state index contributed by atoms with van der Waals surface area (Å²) in [5, 5.41) is -0.00593. The fraction of sp³-hybridized carbons (Fsp3) is 0.333. The van der Waals surface area contributed by atoms with Gasteiger partial charge in [0.2, 0.25) is 0 Å². The van der Waals surface area contributed by atoms with Crippen LogP contribution in [0.3, 0.4) is 0 Å². The molecule has 0 saturated carbocycles. The summed E-state index contributed by atoms with van der Waals surface area (Å²) in [7, 11) is 0. The van der Waals surface area contributed by atoms with Crippen molar-refractivity contribution in [3.05, 3.63) is 56.7 Å². The molecule has 2 aromatic rings. The molecule has 0 aliphatic rings. The molecule has 2 rings (SSSR count). The Kier molecular flexibility index (Phi) is 4.71. The second-order valence-corrected chi connectivity index (χ2v) is 6.59. The highest BCUT2D eigenvalue weighted by atomic mass is 35.5. The predicted molar refractivity (Wildman–Crippen MR) is 82.1 cm³/mol. The third-order valence-corrected chi connectivity index (χ3v) is 5.48. The minimum Gasteiger partial charge on any atom is -0.127 e. The van der Waals surface area contributed by atoms with Crippen LogP contribution in [0.25, 0.3) is 0 Å². The summed E-state index contributed by atoms with van der Waals surface area (Å²) in [4.78, 5) is 1.16. The monoisotopic (exact) mass is 298 g/mol. The molecule has 0 radical (unpaired) electrons. The summed E-state index contributed by atoms with van der Waals surface area (Å²) in [6, 6.07) is 12.6. The van der Waals surface area contributed by atoms with E-state index in [1.807, 2.05) is 13.0 Å². The van der Waals surface area contributed by atoms with Crippen LogP contribution in [-0.4, -0.2) is 0 Å². The van der Waals surface area contributed by atoms with Crippen LogP contribution in [0.1, 0.15) is 40.6 Å². The van der Waals surface area contributed by atoms with E-state index in [4.69, 9.17) is 23.2 Å². The summed E-state index contributed by atoms with van der Waals surface area (Å²) < 4.78 is 0.846. The average molecular weight is 299 g/mol. The molecule has 0 nitrogen and oxygen atoms in total. The zero-order chi connectivity index (χ0) is 13.1. The third kappa shape index (κ3) is 2.90. The lowest BCUT2D eigenvalue weighted by molar-refractivity contribution is 0.646. The van der Waals surface area contributed by atoms with Gasteiger partial charge >= 0.3 is 0 Å². The zero-order valence-corrected chi connectivity index (χ0v) is 12.8. The molecule has 96 valence electrons. The fourth-order valence-corrected chi connectivity index (χ4v) is 3.91. The van der Waals surface area contributed by atoms with E-state index in [2.05, 4.69) is 37.3 Å². The zero-order valence-electron chi connectivity index (χ0n) is 10.5. The minimum atomic E-state index is -0.00593. The molecule has 3 heteroatoms. The van der Waals surface area contributed by atoms with Crippen LogP contribution in [-0.2, 0) is 0 Å². The molecule has 0 aliphatic heterocycles. The van der Waals surface area contributed by atoms with E-state index in [0.29, 0.717) is 5.92 Å². The van der Waals surface area contributed by atoms with E-state index in [0.717, 1.165) is 21.2 Å². The van der Waals surface area contributed by atoms with Crippen molar-refractivity contribution in [3.8, 4) is 0 Å². The van der Waals surface area contributed by atoms with Crippen molar-refractivity contribution in [2.24, 2.45) is 0 Å². The van der Waals surface area contributed by atoms with Gasteiger partial charge in [-0.3, -0.25) is 0 Å². The van der Waals surface area contributed by atoms with E-state index >= 15 is 0 Å². The Balaban J connectivity index is 2.28. The lowest BCUT2D eigenvalue weighted by atomic mass is 9.92. The molecular formula is C15H16Cl2S. The van der Waals surface area contributed by atoms with Crippen LogP contribution in [0, 0.1) is 6.92 Å². The Morgan fingerprint density at radius 2 is 1.89 bits per heavy atom. The van der Waals surface area contributed by atoms with Gasteiger partial charge in [-0.2, -0.15) is 0 Å². The van der Waals surface area contributed by atoms with Gasteiger partial charge in [0.1, 0.15) is 0 Å². The van der Waals surface area contributed by atoms with Crippen LogP contribution in [0.4, 0.5) is 0 Å². The molecule has 0 saturated heterocycles. The Morgan fingerprint density at radius 3 is 2.39 bits per heavy atom. The Bertz CT molecular complexity index is 485. The number of benzene rings is 1. The number of halogens is 2. The number of aryl methyl sites for hydroxylation is 1. The Labute approximate surface area is 123 Å². The first-order valence-corrected chi connectivity index (χ1v) is 7.71. The second-order valence-electron chi connectivity index (χ2n) is 4.43. The number of alkyl halides is 1. The molecule has 0 fully saturated rings. The number of rotatable bonds is 4. The summed E-state index contributed by atoms with van der Waals surface area (Å²) in [5.41, 5.74) is 2.41. The quantitative estimate of drug-likeness (QED) is 0.591. The molecule has 0 bridgehead atoms. The normalized spacial score (nSPS) is 14.4. The lowest BCUT2D eigenvalue weighted by Crippen LogP contribution is -2.04. The van der Waals surface area contributed by atoms with E-state index in [-0.39, 0.29) is 5.38 Å². The van der Waals surface area contributed by atoms with Gasteiger partial charge in [0.05, 0.1) is 9.71 Å². The maximum absolute atomic E-state index is 6.64. The maximum atomic E-state index is 6.64. The summed E-state index contributed by atoms with van der Waals surface area (Å²) in [6.45, 7) is 4.20. The third-order valence-electron chi connectivity index (χ3n) is 3.17. The topological polar surface area (TPSA) is 0 Å². The van der Waals surface area contributed by atoms with Gasteiger partial charge in [0.15, 0.2) is 0 Å². The van der Waals surface area contributed by atoms with E-state index in [1.54, 1.807) is 11.3 Å². The molecule has 2 unspecified atom stereocenters. The van der Waals surface area contributed by atoms with Crippen LogP contribution in [0.2, 0.25) is 4.34 Å². The highest BCUT2D eigenvalue weighted by Crippen LogP contribution is 2.43. The number of hydrogen-bond donors (Lipinski definition) is 0. The second kappa shape index (κ2) is 6.10. The first-order chi connectivity index (χ1) is 8.63. The van der Waals surface area contributed by atoms with Crippen molar-refractivity contribution in [2.75, 3.05) is 0 Å². The van der Waals surface area contributed by atoms with Crippen molar-refractivity contribution in [2.45, 2.75) is 31.6 Å². The highest BCUT2D eigenvalue weighted by molar-refractivity contribution is 7.16. The van der Waals surface area contributed by atoms with Crippen LogP contribution < -0.4 is 0 Å². The van der Waals surface area contributed by atoms with Crippen molar-refractivity contribution >= 4 is 34.5 Å². The largest absolute Gasteiger partial charge is 0.127 e. The van der Waals surface area contributed by atoms with E-state index < -0.39 is 0 Å². The molecule has 18 heavy (non-hydrogen) atoms. The molecular weight excluding hydrogens is 283 g/mol. The van der Waals surface area contributed by atoms with Crippen molar-refractivity contribution in [1.29, 1.82) is 0 Å². The standard InChI is InChI=1S/C15H16Cl2S/c1-3-12(11-7-5-4-6-8-11)14(16)13-9-10(2)15(17)18-13/h4-9,12,14H,3H2,1-2H3. The average Bonchev–Trinajstić information content (AvgIpc) is 2.72. The number of hydrogen-bond acceptors (Lipinski definition) is 1. The SMILES string of the molecule is CCC(c1ccccc1)C(Cl)c1cc(C)c(Cl)s1. The van der Waals surface area contributed by atoms with E-state index in [1.165, 1.54) is 5.56 Å². The molecule has 1 aromatic heterocycles. The molecule has 2 atom stereocenters. The summed E-state index contributed by atoms with van der Waals surface area (Å²) in [5.74, 6) is 0.335. The molecule has 1 aromatic carbocycles. The molecule has 1 heterocycles. The predicted octanol–water partition coefficient (Wildman–Crippen LogP) is 6.18. The molecule has 0 N–H and O–H groups in total. The minimum absolute atomic E-state index is 0.00593. The lowest BCUT2D eigenvalue weighted by Gasteiger charge is -2.20. The maximum Gasteiger partial charge on any atom is 0.0960 e. The van der Waals surface area contributed by atoms with Crippen LogP contribution in [0.5, 0.6) is 0 Å². The van der Waals surface area contributed by atoms with Gasteiger partial charge < -0.3 is 0 Å². The van der Waals surface area contributed by atoms with Crippen LogP contribution in [0.15, 0.2) is 36.4 Å². The van der Waals surface area contributed by atoms with Crippen molar-refractivity contribution in [1.82, 2.24) is 0 Å². The number of thiophene rings is 1. The first-order valence-electron chi connectivity index (χ1n) is 6.08.